The van der Waals surface area contributed by atoms with Crippen molar-refractivity contribution in [3.8, 4) is 16.8 Å². The molecule has 0 saturated carbocycles. The Morgan fingerprint density at radius 1 is 0.139 bits per heavy atom. The van der Waals surface area contributed by atoms with Gasteiger partial charge in [0.25, 0.3) is 20.1 Å². The molecule has 0 bridgehead atoms. The van der Waals surface area contributed by atoms with Crippen LogP contribution in [0.25, 0.3) is 38.6 Å². The summed E-state index contributed by atoms with van der Waals surface area (Å²) < 4.78 is 2.45. The van der Waals surface area contributed by atoms with Gasteiger partial charge in [-0.3, -0.25) is 0 Å². The minimum absolute atomic E-state index is 0.0910. The Bertz CT molecular complexity index is 8290. The number of nitrogens with zero attached hydrogens (tertiary/aromatic N) is 9. The standard InChI is InChI=1S/C48H34BN3.C42H28BN3.C42H30BN3/c1-5-17-37(18-6-1)50(38-19-7-2-8-20-38)41-31-29-35(30-32-41)36-33-46-48-47(34-36)52(40-23-11-4-12-24-40)45-28-16-14-26-43(45)49(48)42-25-13-15-27-44(42)51(46)39-21-9-3-10-22-39;1-3-15-29(16-4-1)44-38-25-13-9-21-34(38)43-35-22-10-14-26-39(35)45(30-17-5-2-6-18-30)41-28-31(27-40(44)42(41)43)46-36-23-11-7-19-32(36)33-20-8-12-24-37(33)46;1-5-17-31(18-6-1)44(32-19-7-2-8-20-32)35-29-40-42-41(30-35)46(34-23-11-4-12-24-34)39-28-16-14-26-37(39)43(42)36-25-13-15-27-38(36)45(40)33-21-9-3-10-22-33/h1-34H;1-28H;1-30H. The van der Waals surface area contributed by atoms with Crippen molar-refractivity contribution in [1.82, 2.24) is 4.57 Å². The Morgan fingerprint density at radius 3 is 0.604 bits per heavy atom. The maximum atomic E-state index is 2.47. The number of aromatic nitrogens is 1. The Labute approximate surface area is 840 Å². The molecule has 0 fully saturated rings. The largest absolute Gasteiger partial charge is 0.311 e. The van der Waals surface area contributed by atoms with Crippen molar-refractivity contribution in [3.63, 3.8) is 0 Å². The number of benzene rings is 22. The van der Waals surface area contributed by atoms with Crippen LogP contribution in [0.1, 0.15) is 0 Å². The van der Waals surface area contributed by atoms with Crippen LogP contribution in [0.15, 0.2) is 558 Å². The Kier molecular flexibility index (Phi) is 21.1. The molecular formula is C132H92B3N9. The Hall–Kier alpha value is -18.8. The number of hydrogen-bond acceptors (Lipinski definition) is 8. The van der Waals surface area contributed by atoms with E-state index >= 15 is 0 Å². The third kappa shape index (κ3) is 14.3. The summed E-state index contributed by atoms with van der Waals surface area (Å²) in [7, 11) is 0. The van der Waals surface area contributed by atoms with Crippen LogP contribution in [0.4, 0.5) is 136 Å². The van der Waals surface area contributed by atoms with E-state index < -0.39 is 0 Å². The second-order valence-electron chi connectivity index (χ2n) is 37.3. The fourth-order valence-corrected chi connectivity index (χ4v) is 23.4. The van der Waals surface area contributed by atoms with Gasteiger partial charge in [-0.15, -0.1) is 0 Å². The zero-order chi connectivity index (χ0) is 95.1. The van der Waals surface area contributed by atoms with E-state index in [1.165, 1.54) is 150 Å². The molecule has 0 unspecified atom stereocenters. The fourth-order valence-electron chi connectivity index (χ4n) is 23.4. The Balaban J connectivity index is 0.000000108. The molecule has 0 amide bonds. The van der Waals surface area contributed by atoms with Crippen LogP contribution in [0, 0.1) is 0 Å². The maximum Gasteiger partial charge on any atom is 0.252 e. The molecule has 0 aliphatic carbocycles. The lowest BCUT2D eigenvalue weighted by atomic mass is 9.33. The maximum absolute atomic E-state index is 2.47. The van der Waals surface area contributed by atoms with Gasteiger partial charge in [0.2, 0.25) is 0 Å². The summed E-state index contributed by atoms with van der Waals surface area (Å²) in [5.41, 5.74) is 45.9. The smallest absolute Gasteiger partial charge is 0.252 e. The molecule has 23 aromatic rings. The van der Waals surface area contributed by atoms with Gasteiger partial charge in [-0.1, -0.05) is 340 Å². The van der Waals surface area contributed by atoms with Gasteiger partial charge >= 0.3 is 0 Å². The predicted octanol–water partition coefficient (Wildman–Crippen LogP) is 29.0. The molecule has 7 heterocycles. The van der Waals surface area contributed by atoms with Crippen LogP contribution < -0.4 is 88.4 Å². The SMILES string of the molecule is c1ccc(N(c2ccccc2)c2cc3c4c(c2)N(c2ccccc2)c2ccccc2B4c2ccccc2N3c2ccccc2)cc1.c1ccc(N(c2ccccc2)c2ccc(-c3cc4c5c(c3)N(c3ccccc3)c3ccccc3B5c3ccccc3N4c3ccccc3)cc2)cc1.c1ccc(N2c3ccccc3B3c4ccccc4N(c4ccccc4)c4cc(-n5c6ccccc6c6ccccc65)cc2c43)cc1. The quantitative estimate of drug-likeness (QED) is 0.0996. The summed E-state index contributed by atoms with van der Waals surface area (Å²) in [6.07, 6.45) is 0. The van der Waals surface area contributed by atoms with E-state index in [0.717, 1.165) is 73.9 Å². The van der Waals surface area contributed by atoms with Gasteiger partial charge in [-0.05, 0) is 279 Å². The first-order valence-electron chi connectivity index (χ1n) is 49.6. The van der Waals surface area contributed by atoms with Crippen LogP contribution in [-0.4, -0.2) is 24.7 Å². The minimum atomic E-state index is 0.0910. The van der Waals surface area contributed by atoms with Gasteiger partial charge in [0.15, 0.2) is 0 Å². The summed E-state index contributed by atoms with van der Waals surface area (Å²) in [5, 5.41) is 2.52. The van der Waals surface area contributed by atoms with Gasteiger partial charge in [0.05, 0.1) is 22.4 Å². The zero-order valence-corrected chi connectivity index (χ0v) is 78.9. The summed E-state index contributed by atoms with van der Waals surface area (Å²) in [6, 6.07) is 202. The number of anilines is 24. The number of hydrogen-bond donors (Lipinski definition) is 0. The third-order valence-electron chi connectivity index (χ3n) is 29.3. The molecular weight excluding hydrogens is 1740 g/mol. The molecule has 0 N–H and O–H groups in total. The van der Waals surface area contributed by atoms with Crippen molar-refractivity contribution >= 4 is 228 Å². The molecule has 0 atom stereocenters. The first kappa shape index (κ1) is 84.5. The van der Waals surface area contributed by atoms with Crippen LogP contribution in [0.3, 0.4) is 0 Å². The zero-order valence-electron chi connectivity index (χ0n) is 78.9. The van der Waals surface area contributed by atoms with Crippen molar-refractivity contribution in [3.05, 3.63) is 558 Å². The monoisotopic (exact) mass is 1840 g/mol. The molecule has 9 nitrogen and oxygen atoms in total. The summed E-state index contributed by atoms with van der Waals surface area (Å²) >= 11 is 0. The highest BCUT2D eigenvalue weighted by Gasteiger charge is 2.48. The first-order chi connectivity index (χ1) is 71.6. The average molecular weight is 1840 g/mol. The molecule has 674 valence electrons. The highest BCUT2D eigenvalue weighted by molar-refractivity contribution is 7.02. The van der Waals surface area contributed by atoms with Gasteiger partial charge in [0, 0.05) is 142 Å². The Morgan fingerprint density at radius 2 is 0.340 bits per heavy atom. The van der Waals surface area contributed by atoms with Crippen LogP contribution >= 0.6 is 0 Å². The van der Waals surface area contributed by atoms with E-state index in [9.17, 15) is 0 Å². The molecule has 0 radical (unpaired) electrons. The van der Waals surface area contributed by atoms with Crippen LogP contribution in [-0.2, 0) is 0 Å². The normalized spacial score (nSPS) is 12.7. The number of para-hydroxylation sites is 18. The summed E-state index contributed by atoms with van der Waals surface area (Å²) in [6.45, 7) is 0.289. The van der Waals surface area contributed by atoms with Gasteiger partial charge < -0.3 is 43.8 Å². The molecule has 0 spiro atoms. The molecule has 12 heteroatoms. The van der Waals surface area contributed by atoms with Crippen molar-refractivity contribution in [2.24, 2.45) is 0 Å². The number of fused-ring (bicyclic) bond motifs is 15. The van der Waals surface area contributed by atoms with E-state index in [4.69, 9.17) is 0 Å². The number of rotatable bonds is 14. The van der Waals surface area contributed by atoms with Gasteiger partial charge in [0.1, 0.15) is 0 Å². The van der Waals surface area contributed by atoms with Crippen LogP contribution in [0.2, 0.25) is 0 Å². The van der Waals surface area contributed by atoms with Crippen molar-refractivity contribution in [2.75, 3.05) is 39.2 Å². The van der Waals surface area contributed by atoms with Crippen molar-refractivity contribution < 1.29 is 0 Å². The van der Waals surface area contributed by atoms with E-state index in [0.29, 0.717) is 0 Å². The van der Waals surface area contributed by atoms with E-state index in [1.807, 2.05) is 0 Å². The van der Waals surface area contributed by atoms with E-state index in [-0.39, 0.29) is 20.1 Å². The van der Waals surface area contributed by atoms with Gasteiger partial charge in [-0.25, -0.2) is 0 Å². The molecule has 0 saturated heterocycles. The second-order valence-corrected chi connectivity index (χ2v) is 37.3. The molecule has 22 aromatic carbocycles. The van der Waals surface area contributed by atoms with E-state index in [1.54, 1.807) is 0 Å². The van der Waals surface area contributed by atoms with Crippen molar-refractivity contribution in [1.29, 1.82) is 0 Å². The molecule has 6 aliphatic heterocycles. The second kappa shape index (κ2) is 35.9. The predicted molar refractivity (Wildman–Crippen MR) is 611 cm³/mol. The van der Waals surface area contributed by atoms with Crippen molar-refractivity contribution in [2.45, 2.75) is 0 Å². The lowest BCUT2D eigenvalue weighted by Crippen LogP contribution is -2.61. The summed E-state index contributed by atoms with van der Waals surface area (Å²) in [5.74, 6) is 0. The summed E-state index contributed by atoms with van der Waals surface area (Å²) in [4.78, 5) is 19.5. The topological polar surface area (TPSA) is 30.9 Å². The molecule has 1 aromatic heterocycles. The molecule has 6 aliphatic rings. The van der Waals surface area contributed by atoms with E-state index in [2.05, 4.69) is 602 Å². The highest BCUT2D eigenvalue weighted by Crippen LogP contribution is 2.53. The van der Waals surface area contributed by atoms with Gasteiger partial charge in [-0.2, -0.15) is 0 Å². The highest BCUT2D eigenvalue weighted by atomic mass is 15.2. The minimum Gasteiger partial charge on any atom is -0.311 e. The fraction of sp³-hybridized carbons (Fsp3) is 0. The lowest BCUT2D eigenvalue weighted by Gasteiger charge is -2.45. The average Bonchev–Trinajstić information content (AvgIpc) is 1.10. The molecule has 144 heavy (non-hydrogen) atoms. The molecule has 29 rings (SSSR count). The lowest BCUT2D eigenvalue weighted by molar-refractivity contribution is 1.16. The van der Waals surface area contributed by atoms with Crippen LogP contribution in [0.5, 0.6) is 0 Å². The third-order valence-corrected chi connectivity index (χ3v) is 29.3. The first-order valence-corrected chi connectivity index (χ1v) is 49.6.